The second-order valence-corrected chi connectivity index (χ2v) is 6.17. The molecule has 0 bridgehead atoms. The molecule has 0 aromatic heterocycles. The molecule has 0 aliphatic carbocycles. The first-order valence-electron chi connectivity index (χ1n) is 9.11. The molecular formula is C17H36N4O2. The maximum Gasteiger partial charge on any atom is 0.191 e. The van der Waals surface area contributed by atoms with Crippen LogP contribution < -0.4 is 10.6 Å². The van der Waals surface area contributed by atoms with Crippen LogP contribution in [0.25, 0.3) is 0 Å². The second kappa shape index (κ2) is 12.6. The lowest BCUT2D eigenvalue weighted by Crippen LogP contribution is -2.44. The molecule has 0 aromatic carbocycles. The Labute approximate surface area is 142 Å². The number of morpholine rings is 1. The molecule has 1 unspecified atom stereocenters. The van der Waals surface area contributed by atoms with Crippen molar-refractivity contribution in [3.05, 3.63) is 0 Å². The summed E-state index contributed by atoms with van der Waals surface area (Å²) in [5.41, 5.74) is 0. The standard InChI is InChI=1S/C17H36N4O2/c1-5-18-17(19-8-7-16(15(3)4)23-6-2)20-9-10-21-11-13-22-14-12-21/h15-16H,5-14H2,1-4H3,(H2,18,19,20). The van der Waals surface area contributed by atoms with E-state index < -0.39 is 0 Å². The van der Waals surface area contributed by atoms with Crippen molar-refractivity contribution < 1.29 is 9.47 Å². The van der Waals surface area contributed by atoms with E-state index in [0.717, 1.165) is 71.5 Å². The van der Waals surface area contributed by atoms with Crippen molar-refractivity contribution in [3.63, 3.8) is 0 Å². The maximum atomic E-state index is 5.78. The van der Waals surface area contributed by atoms with Crippen LogP contribution in [0.5, 0.6) is 0 Å². The molecule has 0 aromatic rings. The lowest BCUT2D eigenvalue weighted by Gasteiger charge is -2.26. The number of aliphatic imine (C=N–C) groups is 1. The molecule has 1 aliphatic rings. The van der Waals surface area contributed by atoms with Crippen LogP contribution in [0.15, 0.2) is 4.99 Å². The number of rotatable bonds is 10. The highest BCUT2D eigenvalue weighted by Gasteiger charge is 2.13. The van der Waals surface area contributed by atoms with Gasteiger partial charge >= 0.3 is 0 Å². The molecule has 0 saturated carbocycles. The summed E-state index contributed by atoms with van der Waals surface area (Å²) in [4.78, 5) is 7.09. The van der Waals surface area contributed by atoms with Gasteiger partial charge < -0.3 is 20.1 Å². The SMILES string of the molecule is CCNC(=NCCC(OCC)C(C)C)NCCN1CCOCC1. The number of hydrogen-bond acceptors (Lipinski definition) is 4. The molecule has 0 radical (unpaired) electrons. The summed E-state index contributed by atoms with van der Waals surface area (Å²) in [5, 5.41) is 6.73. The molecule has 6 heteroatoms. The highest BCUT2D eigenvalue weighted by molar-refractivity contribution is 5.79. The predicted octanol–water partition coefficient (Wildman–Crippen LogP) is 1.32. The lowest BCUT2D eigenvalue weighted by molar-refractivity contribution is 0.0266. The summed E-state index contributed by atoms with van der Waals surface area (Å²) < 4.78 is 11.1. The molecule has 0 spiro atoms. The minimum atomic E-state index is 0.292. The van der Waals surface area contributed by atoms with Gasteiger partial charge in [-0.1, -0.05) is 13.8 Å². The van der Waals surface area contributed by atoms with Crippen molar-refractivity contribution in [2.75, 3.05) is 59.1 Å². The Kier molecular flexibility index (Phi) is 11.0. The smallest absolute Gasteiger partial charge is 0.191 e. The van der Waals surface area contributed by atoms with Crippen molar-refractivity contribution >= 4 is 5.96 Å². The van der Waals surface area contributed by atoms with Crippen LogP contribution in [0.3, 0.4) is 0 Å². The second-order valence-electron chi connectivity index (χ2n) is 6.17. The van der Waals surface area contributed by atoms with Crippen LogP contribution in [-0.2, 0) is 9.47 Å². The van der Waals surface area contributed by atoms with E-state index in [1.807, 2.05) is 0 Å². The van der Waals surface area contributed by atoms with Crippen molar-refractivity contribution in [3.8, 4) is 0 Å². The first kappa shape index (κ1) is 20.2. The van der Waals surface area contributed by atoms with Crippen molar-refractivity contribution in [2.45, 2.75) is 40.2 Å². The minimum Gasteiger partial charge on any atom is -0.379 e. The summed E-state index contributed by atoms with van der Waals surface area (Å²) >= 11 is 0. The number of hydrogen-bond donors (Lipinski definition) is 2. The average Bonchev–Trinajstić information content (AvgIpc) is 2.55. The number of nitrogens with one attached hydrogen (secondary N) is 2. The summed E-state index contributed by atoms with van der Waals surface area (Å²) in [6, 6.07) is 0. The number of ether oxygens (including phenoxy) is 2. The van der Waals surface area contributed by atoms with E-state index in [2.05, 4.69) is 48.2 Å². The Morgan fingerprint density at radius 2 is 1.96 bits per heavy atom. The van der Waals surface area contributed by atoms with Crippen molar-refractivity contribution in [2.24, 2.45) is 10.9 Å². The van der Waals surface area contributed by atoms with Crippen molar-refractivity contribution in [1.82, 2.24) is 15.5 Å². The Balaban J connectivity index is 2.30. The summed E-state index contributed by atoms with van der Waals surface area (Å²) in [6.07, 6.45) is 1.26. The van der Waals surface area contributed by atoms with Gasteiger partial charge in [0.2, 0.25) is 0 Å². The van der Waals surface area contributed by atoms with E-state index in [0.29, 0.717) is 12.0 Å². The Hall–Kier alpha value is -0.850. The predicted molar refractivity (Wildman–Crippen MR) is 96.1 cm³/mol. The quantitative estimate of drug-likeness (QED) is 0.468. The van der Waals surface area contributed by atoms with Gasteiger partial charge in [-0.05, 0) is 26.2 Å². The fourth-order valence-corrected chi connectivity index (χ4v) is 2.63. The van der Waals surface area contributed by atoms with Crippen LogP contribution >= 0.6 is 0 Å². The number of nitrogens with zero attached hydrogens (tertiary/aromatic N) is 2. The van der Waals surface area contributed by atoms with Crippen LogP contribution in [0, 0.1) is 5.92 Å². The summed E-state index contributed by atoms with van der Waals surface area (Å²) in [6.45, 7) is 16.7. The van der Waals surface area contributed by atoms with Crippen LogP contribution in [0.1, 0.15) is 34.1 Å². The molecule has 136 valence electrons. The zero-order valence-corrected chi connectivity index (χ0v) is 15.4. The molecule has 1 aliphatic heterocycles. The van der Waals surface area contributed by atoms with E-state index in [1.54, 1.807) is 0 Å². The average molecular weight is 329 g/mol. The van der Waals surface area contributed by atoms with Gasteiger partial charge in [0.1, 0.15) is 0 Å². The van der Waals surface area contributed by atoms with Gasteiger partial charge in [0.15, 0.2) is 5.96 Å². The Bertz CT molecular complexity index is 318. The zero-order chi connectivity index (χ0) is 16.9. The largest absolute Gasteiger partial charge is 0.379 e. The van der Waals surface area contributed by atoms with E-state index in [-0.39, 0.29) is 0 Å². The molecular weight excluding hydrogens is 292 g/mol. The molecule has 23 heavy (non-hydrogen) atoms. The van der Waals surface area contributed by atoms with E-state index in [9.17, 15) is 0 Å². The monoisotopic (exact) mass is 328 g/mol. The topological polar surface area (TPSA) is 58.1 Å². The maximum absolute atomic E-state index is 5.78. The van der Waals surface area contributed by atoms with Gasteiger partial charge in [-0.25, -0.2) is 0 Å². The third kappa shape index (κ3) is 9.13. The lowest BCUT2D eigenvalue weighted by atomic mass is 10.0. The Morgan fingerprint density at radius 1 is 1.22 bits per heavy atom. The van der Waals surface area contributed by atoms with Crippen LogP contribution in [-0.4, -0.2) is 76.1 Å². The highest BCUT2D eigenvalue weighted by atomic mass is 16.5. The molecule has 1 fully saturated rings. The van der Waals surface area contributed by atoms with Crippen molar-refractivity contribution in [1.29, 1.82) is 0 Å². The van der Waals surface area contributed by atoms with Gasteiger partial charge in [0.25, 0.3) is 0 Å². The van der Waals surface area contributed by atoms with Gasteiger partial charge in [-0.2, -0.15) is 0 Å². The highest BCUT2D eigenvalue weighted by Crippen LogP contribution is 2.10. The molecule has 1 heterocycles. The van der Waals surface area contributed by atoms with E-state index in [1.165, 1.54) is 0 Å². The first-order valence-corrected chi connectivity index (χ1v) is 9.11. The molecule has 1 atom stereocenters. The molecule has 0 amide bonds. The van der Waals surface area contributed by atoms with Crippen LogP contribution in [0.4, 0.5) is 0 Å². The third-order valence-electron chi connectivity index (χ3n) is 3.98. The minimum absolute atomic E-state index is 0.292. The fraction of sp³-hybridized carbons (Fsp3) is 0.941. The van der Waals surface area contributed by atoms with Crippen LogP contribution in [0.2, 0.25) is 0 Å². The van der Waals surface area contributed by atoms with Gasteiger partial charge in [-0.15, -0.1) is 0 Å². The van der Waals surface area contributed by atoms with E-state index >= 15 is 0 Å². The summed E-state index contributed by atoms with van der Waals surface area (Å²) in [5.74, 6) is 1.43. The zero-order valence-electron chi connectivity index (χ0n) is 15.4. The van der Waals surface area contributed by atoms with Gasteiger partial charge in [-0.3, -0.25) is 9.89 Å². The number of guanidine groups is 1. The van der Waals surface area contributed by atoms with Gasteiger partial charge in [0.05, 0.1) is 19.3 Å². The molecule has 2 N–H and O–H groups in total. The normalized spacial score (nSPS) is 18.2. The first-order chi connectivity index (χ1) is 11.2. The Morgan fingerprint density at radius 3 is 2.57 bits per heavy atom. The molecule has 1 saturated heterocycles. The summed E-state index contributed by atoms with van der Waals surface area (Å²) in [7, 11) is 0. The molecule has 6 nitrogen and oxygen atoms in total. The fourth-order valence-electron chi connectivity index (χ4n) is 2.63. The van der Waals surface area contributed by atoms with E-state index in [4.69, 9.17) is 9.47 Å². The van der Waals surface area contributed by atoms with Gasteiger partial charge in [0, 0.05) is 45.9 Å². The third-order valence-corrected chi connectivity index (χ3v) is 3.98. The molecule has 1 rings (SSSR count).